The third-order valence-electron chi connectivity index (χ3n) is 5.18. The normalized spacial score (nSPS) is 15.2. The first kappa shape index (κ1) is 21.2. The third-order valence-corrected chi connectivity index (χ3v) is 5.18. The number of carbonyl (C=O) groups excluding carboxylic acids is 1. The first-order valence-corrected chi connectivity index (χ1v) is 9.60. The van der Waals surface area contributed by atoms with E-state index in [1.165, 1.54) is 12.1 Å². The van der Waals surface area contributed by atoms with Gasteiger partial charge in [0.05, 0.1) is 19.2 Å². The molecule has 1 amide bonds. The molecule has 2 aromatic carbocycles. The number of nitrogens with one attached hydrogen (secondary N) is 1. The van der Waals surface area contributed by atoms with Gasteiger partial charge in [-0.3, -0.25) is 9.69 Å². The summed E-state index contributed by atoms with van der Waals surface area (Å²) in [5.74, 6) is 0.599. The highest BCUT2D eigenvalue weighted by Gasteiger charge is 2.35. The van der Waals surface area contributed by atoms with Crippen molar-refractivity contribution < 1.29 is 22.7 Å². The van der Waals surface area contributed by atoms with E-state index in [2.05, 4.69) is 5.32 Å². The summed E-state index contributed by atoms with van der Waals surface area (Å²) < 4.78 is 44.2. The van der Waals surface area contributed by atoms with Crippen LogP contribution in [0.4, 0.5) is 13.2 Å². The second-order valence-corrected chi connectivity index (χ2v) is 7.33. The van der Waals surface area contributed by atoms with Crippen molar-refractivity contribution in [3.8, 4) is 5.75 Å². The lowest BCUT2D eigenvalue weighted by Crippen LogP contribution is -2.39. The fraction of sp³-hybridized carbons (Fsp3) is 0.409. The van der Waals surface area contributed by atoms with E-state index in [9.17, 15) is 18.0 Å². The van der Waals surface area contributed by atoms with Gasteiger partial charge in [0.25, 0.3) is 0 Å². The van der Waals surface area contributed by atoms with Crippen molar-refractivity contribution >= 4 is 5.91 Å². The smallest absolute Gasteiger partial charge is 0.416 e. The molecule has 0 heterocycles. The predicted octanol–water partition coefficient (Wildman–Crippen LogP) is 4.56. The molecule has 7 heteroatoms. The van der Waals surface area contributed by atoms with Crippen LogP contribution >= 0.6 is 0 Å². The van der Waals surface area contributed by atoms with Gasteiger partial charge in [-0.1, -0.05) is 24.3 Å². The number of halogens is 3. The van der Waals surface area contributed by atoms with Gasteiger partial charge in [0.15, 0.2) is 0 Å². The molecular weight excluding hydrogens is 381 g/mol. The van der Waals surface area contributed by atoms with E-state index >= 15 is 0 Å². The maximum atomic E-state index is 13.0. The van der Waals surface area contributed by atoms with Crippen molar-refractivity contribution in [3.63, 3.8) is 0 Å². The van der Waals surface area contributed by atoms with Crippen LogP contribution in [0.2, 0.25) is 0 Å². The van der Waals surface area contributed by atoms with Gasteiger partial charge in [-0.25, -0.2) is 0 Å². The van der Waals surface area contributed by atoms with Crippen LogP contribution in [0.25, 0.3) is 0 Å². The van der Waals surface area contributed by atoms with Gasteiger partial charge < -0.3 is 10.1 Å². The van der Waals surface area contributed by atoms with Crippen molar-refractivity contribution in [2.45, 2.75) is 44.6 Å². The summed E-state index contributed by atoms with van der Waals surface area (Å²) >= 11 is 0. The molecular formula is C22H25F3N2O2. The Morgan fingerprint density at radius 3 is 2.48 bits per heavy atom. The van der Waals surface area contributed by atoms with Crippen LogP contribution < -0.4 is 10.1 Å². The van der Waals surface area contributed by atoms with Gasteiger partial charge in [-0.2, -0.15) is 13.2 Å². The van der Waals surface area contributed by atoms with E-state index in [4.69, 9.17) is 4.74 Å². The van der Waals surface area contributed by atoms with E-state index in [0.717, 1.165) is 30.2 Å². The topological polar surface area (TPSA) is 41.6 Å². The Labute approximate surface area is 168 Å². The minimum atomic E-state index is -4.38. The number of ether oxygens (including phenoxy) is 1. The molecule has 1 unspecified atom stereocenters. The van der Waals surface area contributed by atoms with Crippen LogP contribution in [-0.2, 0) is 17.5 Å². The average Bonchev–Trinajstić information content (AvgIpc) is 3.55. The first-order chi connectivity index (χ1) is 13.8. The van der Waals surface area contributed by atoms with E-state index in [1.54, 1.807) is 13.2 Å². The number of hydrogen-bond donors (Lipinski definition) is 1. The summed E-state index contributed by atoms with van der Waals surface area (Å²) in [7, 11) is 1.59. The van der Waals surface area contributed by atoms with Crippen molar-refractivity contribution in [2.24, 2.45) is 0 Å². The number of hydrogen-bond acceptors (Lipinski definition) is 3. The lowest BCUT2D eigenvalue weighted by molar-refractivity contribution is -0.137. The highest BCUT2D eigenvalue weighted by molar-refractivity contribution is 5.78. The first-order valence-electron chi connectivity index (χ1n) is 9.60. The van der Waals surface area contributed by atoms with Gasteiger partial charge in [-0.05, 0) is 55.2 Å². The number of rotatable bonds is 8. The molecule has 1 fully saturated rings. The maximum Gasteiger partial charge on any atom is 0.416 e. The Balaban J connectivity index is 1.63. The summed E-state index contributed by atoms with van der Waals surface area (Å²) in [6.45, 7) is 2.39. The van der Waals surface area contributed by atoms with Gasteiger partial charge >= 0.3 is 6.18 Å². The molecule has 1 saturated carbocycles. The largest absolute Gasteiger partial charge is 0.497 e. The molecule has 3 rings (SSSR count). The third kappa shape index (κ3) is 5.73. The maximum absolute atomic E-state index is 13.0. The van der Waals surface area contributed by atoms with Gasteiger partial charge in [0.2, 0.25) is 5.91 Å². The van der Waals surface area contributed by atoms with Crippen LogP contribution in [0.15, 0.2) is 48.5 Å². The Morgan fingerprint density at radius 1 is 1.21 bits per heavy atom. The molecule has 29 heavy (non-hydrogen) atoms. The van der Waals surface area contributed by atoms with Gasteiger partial charge in [0.1, 0.15) is 5.75 Å². The zero-order valence-corrected chi connectivity index (χ0v) is 16.5. The SMILES string of the molecule is COc1ccc(CNC(=O)CN(C2CC2)C(C)c2cccc(C(F)(F)F)c2)cc1. The van der Waals surface area contributed by atoms with Crippen molar-refractivity contribution in [3.05, 3.63) is 65.2 Å². The minimum absolute atomic E-state index is 0.147. The number of amides is 1. The second-order valence-electron chi connectivity index (χ2n) is 7.33. The minimum Gasteiger partial charge on any atom is -0.497 e. The van der Waals surface area contributed by atoms with Crippen LogP contribution in [0.1, 0.15) is 42.5 Å². The van der Waals surface area contributed by atoms with Crippen LogP contribution in [0, 0.1) is 0 Å². The molecule has 1 aliphatic rings. The van der Waals surface area contributed by atoms with E-state index in [0.29, 0.717) is 12.1 Å². The van der Waals surface area contributed by atoms with Crippen LogP contribution in [0.3, 0.4) is 0 Å². The molecule has 4 nitrogen and oxygen atoms in total. The van der Waals surface area contributed by atoms with E-state index < -0.39 is 11.7 Å². The van der Waals surface area contributed by atoms with Crippen LogP contribution in [0.5, 0.6) is 5.75 Å². The molecule has 156 valence electrons. The van der Waals surface area contributed by atoms with Crippen LogP contribution in [-0.4, -0.2) is 30.5 Å². The van der Waals surface area contributed by atoms with Gasteiger partial charge in [0, 0.05) is 18.6 Å². The number of carbonyl (C=O) groups is 1. The molecule has 1 atom stereocenters. The van der Waals surface area contributed by atoms with Gasteiger partial charge in [-0.15, -0.1) is 0 Å². The second kappa shape index (κ2) is 8.86. The summed E-state index contributed by atoms with van der Waals surface area (Å²) in [4.78, 5) is 14.5. The molecule has 2 aromatic rings. The van der Waals surface area contributed by atoms with E-state index in [-0.39, 0.29) is 24.5 Å². The van der Waals surface area contributed by atoms with E-state index in [1.807, 2.05) is 36.1 Å². The summed E-state index contributed by atoms with van der Waals surface area (Å²) in [5, 5.41) is 2.89. The summed E-state index contributed by atoms with van der Waals surface area (Å²) in [6, 6.07) is 12.7. The van der Waals surface area contributed by atoms with Crippen molar-refractivity contribution in [1.29, 1.82) is 0 Å². The van der Waals surface area contributed by atoms with Crippen molar-refractivity contribution in [1.82, 2.24) is 10.2 Å². The Bertz CT molecular complexity index is 833. The van der Waals surface area contributed by atoms with Crippen molar-refractivity contribution in [2.75, 3.05) is 13.7 Å². The average molecular weight is 406 g/mol. The molecule has 0 aliphatic heterocycles. The molecule has 0 spiro atoms. The standard InChI is InChI=1S/C22H25F3N2O2/c1-15(17-4-3-5-18(12-17)22(23,24)25)27(19-8-9-19)14-21(28)26-13-16-6-10-20(29-2)11-7-16/h3-7,10-12,15,19H,8-9,13-14H2,1-2H3,(H,26,28). The monoisotopic (exact) mass is 406 g/mol. The quantitative estimate of drug-likeness (QED) is 0.699. The Hall–Kier alpha value is -2.54. The molecule has 0 aromatic heterocycles. The zero-order valence-electron chi connectivity index (χ0n) is 16.5. The molecule has 0 saturated heterocycles. The number of alkyl halides is 3. The molecule has 0 bridgehead atoms. The number of nitrogens with zero attached hydrogens (tertiary/aromatic N) is 1. The lowest BCUT2D eigenvalue weighted by atomic mass is 10.0. The fourth-order valence-electron chi connectivity index (χ4n) is 3.32. The summed E-state index contributed by atoms with van der Waals surface area (Å²) in [6.07, 6.45) is -2.47. The molecule has 1 aliphatic carbocycles. The number of methoxy groups -OCH3 is 1. The summed E-state index contributed by atoms with van der Waals surface area (Å²) in [5.41, 5.74) is 0.847. The fourth-order valence-corrected chi connectivity index (χ4v) is 3.32. The highest BCUT2D eigenvalue weighted by atomic mass is 19.4. The predicted molar refractivity (Wildman–Crippen MR) is 104 cm³/mol. The zero-order chi connectivity index (χ0) is 21.0. The Kier molecular flexibility index (Phi) is 6.47. The highest BCUT2D eigenvalue weighted by Crippen LogP contribution is 2.36. The molecule has 0 radical (unpaired) electrons. The lowest BCUT2D eigenvalue weighted by Gasteiger charge is -2.29. The number of benzene rings is 2. The Morgan fingerprint density at radius 2 is 1.90 bits per heavy atom. The molecule has 1 N–H and O–H groups in total.